The van der Waals surface area contributed by atoms with Crippen LogP contribution in [0.5, 0.6) is 0 Å². The normalized spacial score (nSPS) is 10.3. The Morgan fingerprint density at radius 2 is 2.05 bits per heavy atom. The third kappa shape index (κ3) is 3.12. The molecule has 1 N–H and O–H groups in total. The van der Waals surface area contributed by atoms with Crippen molar-refractivity contribution in [3.8, 4) is 0 Å². The summed E-state index contributed by atoms with van der Waals surface area (Å²) in [5.41, 5.74) is 2.72. The standard InChI is InChI=1S/C14H16N2O2S/c1-4-18-13(17)11-5-7-12(8-6-11)15-14-16(3)10(2)9-19-14/h5-9H,4H2,1-3H3/p+1. The Morgan fingerprint density at radius 3 is 2.58 bits per heavy atom. The highest BCUT2D eigenvalue weighted by Gasteiger charge is 2.12. The molecule has 0 amide bonds. The van der Waals surface area contributed by atoms with Crippen LogP contribution in [0.15, 0.2) is 29.6 Å². The average Bonchev–Trinajstić information content (AvgIpc) is 2.72. The number of aryl methyl sites for hydroxylation is 1. The van der Waals surface area contributed by atoms with Gasteiger partial charge in [0, 0.05) is 5.38 Å². The molecule has 0 bridgehead atoms. The van der Waals surface area contributed by atoms with Gasteiger partial charge in [-0.3, -0.25) is 0 Å². The quantitative estimate of drug-likeness (QED) is 0.690. The summed E-state index contributed by atoms with van der Waals surface area (Å²) in [7, 11) is 2.02. The maximum atomic E-state index is 11.5. The summed E-state index contributed by atoms with van der Waals surface area (Å²) in [5, 5.41) is 6.47. The van der Waals surface area contributed by atoms with Crippen molar-refractivity contribution in [1.82, 2.24) is 0 Å². The molecule has 0 radical (unpaired) electrons. The second-order valence-corrected chi connectivity index (χ2v) is 5.02. The van der Waals surface area contributed by atoms with E-state index in [0.29, 0.717) is 12.2 Å². The van der Waals surface area contributed by atoms with Crippen LogP contribution >= 0.6 is 11.3 Å². The number of thiazole rings is 1. The Morgan fingerprint density at radius 1 is 1.37 bits per heavy atom. The van der Waals surface area contributed by atoms with Gasteiger partial charge >= 0.3 is 11.1 Å². The van der Waals surface area contributed by atoms with Crippen molar-refractivity contribution in [2.45, 2.75) is 13.8 Å². The minimum Gasteiger partial charge on any atom is -0.462 e. The number of nitrogens with zero attached hydrogens (tertiary/aromatic N) is 1. The molecular formula is C14H17N2O2S+. The fourth-order valence-corrected chi connectivity index (χ4v) is 2.52. The van der Waals surface area contributed by atoms with Crippen molar-refractivity contribution in [1.29, 1.82) is 0 Å². The minimum atomic E-state index is -0.286. The summed E-state index contributed by atoms with van der Waals surface area (Å²) in [5.74, 6) is -0.286. The fourth-order valence-electron chi connectivity index (χ4n) is 1.60. The monoisotopic (exact) mass is 277 g/mol. The molecule has 4 nitrogen and oxygen atoms in total. The highest BCUT2D eigenvalue weighted by Crippen LogP contribution is 2.19. The van der Waals surface area contributed by atoms with E-state index in [-0.39, 0.29) is 5.97 Å². The number of esters is 1. The number of carbonyl (C=O) groups is 1. The maximum absolute atomic E-state index is 11.5. The molecule has 100 valence electrons. The van der Waals surface area contributed by atoms with Gasteiger partial charge in [-0.15, -0.1) is 0 Å². The number of nitrogens with one attached hydrogen (secondary N) is 1. The molecule has 0 saturated carbocycles. The van der Waals surface area contributed by atoms with Crippen LogP contribution in [0.25, 0.3) is 0 Å². The van der Waals surface area contributed by atoms with Crippen molar-refractivity contribution < 1.29 is 14.1 Å². The Balaban J connectivity index is 2.11. The maximum Gasteiger partial charge on any atom is 0.338 e. The Hall–Kier alpha value is -1.88. The van der Waals surface area contributed by atoms with Crippen LogP contribution in [-0.4, -0.2) is 12.6 Å². The summed E-state index contributed by atoms with van der Waals surface area (Å²) < 4.78 is 7.03. The number of aromatic nitrogens is 1. The van der Waals surface area contributed by atoms with E-state index in [1.165, 1.54) is 5.69 Å². The molecule has 0 spiro atoms. The zero-order chi connectivity index (χ0) is 13.8. The lowest BCUT2D eigenvalue weighted by atomic mass is 10.2. The van der Waals surface area contributed by atoms with Crippen LogP contribution in [0.2, 0.25) is 0 Å². The Bertz CT molecular complexity index is 576. The highest BCUT2D eigenvalue weighted by atomic mass is 32.1. The number of rotatable bonds is 4. The number of hydrogen-bond donors (Lipinski definition) is 1. The second kappa shape index (κ2) is 5.84. The van der Waals surface area contributed by atoms with Crippen molar-refractivity contribution >= 4 is 28.1 Å². The first-order valence-corrected chi connectivity index (χ1v) is 6.98. The zero-order valence-electron chi connectivity index (χ0n) is 11.3. The van der Waals surface area contributed by atoms with E-state index in [4.69, 9.17) is 4.74 Å². The van der Waals surface area contributed by atoms with Gasteiger partial charge in [-0.25, -0.2) is 14.7 Å². The fraction of sp³-hybridized carbons (Fsp3) is 0.286. The molecule has 1 aromatic heterocycles. The molecule has 0 saturated heterocycles. The van der Waals surface area contributed by atoms with Crippen molar-refractivity contribution in [3.63, 3.8) is 0 Å². The van der Waals surface area contributed by atoms with E-state index in [0.717, 1.165) is 10.8 Å². The lowest BCUT2D eigenvalue weighted by Gasteiger charge is -2.02. The molecule has 1 aromatic carbocycles. The van der Waals surface area contributed by atoms with Gasteiger partial charge in [0.15, 0.2) is 0 Å². The van der Waals surface area contributed by atoms with E-state index in [2.05, 4.69) is 22.2 Å². The van der Waals surface area contributed by atoms with Crippen molar-refractivity contribution in [2.24, 2.45) is 7.05 Å². The topological polar surface area (TPSA) is 42.2 Å². The minimum absolute atomic E-state index is 0.286. The van der Waals surface area contributed by atoms with Gasteiger partial charge in [0.1, 0.15) is 11.4 Å². The summed E-state index contributed by atoms with van der Waals surface area (Å²) in [6, 6.07) is 7.28. The van der Waals surface area contributed by atoms with Gasteiger partial charge in [0.25, 0.3) is 0 Å². The van der Waals surface area contributed by atoms with Gasteiger partial charge in [0.2, 0.25) is 0 Å². The number of hydrogen-bond acceptors (Lipinski definition) is 4. The summed E-state index contributed by atoms with van der Waals surface area (Å²) in [4.78, 5) is 11.5. The second-order valence-electron chi connectivity index (χ2n) is 4.16. The zero-order valence-corrected chi connectivity index (χ0v) is 12.1. The molecule has 19 heavy (non-hydrogen) atoms. The lowest BCUT2D eigenvalue weighted by molar-refractivity contribution is -0.658. The Labute approximate surface area is 116 Å². The molecule has 2 aromatic rings. The molecule has 0 atom stereocenters. The molecule has 0 aliphatic heterocycles. The van der Waals surface area contributed by atoms with E-state index in [9.17, 15) is 4.79 Å². The third-order valence-corrected chi connectivity index (χ3v) is 3.88. The molecular weight excluding hydrogens is 260 g/mol. The molecule has 5 heteroatoms. The summed E-state index contributed by atoms with van der Waals surface area (Å²) in [6.07, 6.45) is 0. The van der Waals surface area contributed by atoms with E-state index >= 15 is 0 Å². The predicted octanol–water partition coefficient (Wildman–Crippen LogP) is 2.80. The van der Waals surface area contributed by atoms with Gasteiger partial charge in [-0.2, -0.15) is 0 Å². The summed E-state index contributed by atoms with van der Waals surface area (Å²) >= 11 is 1.65. The SMILES string of the molecule is CCOC(=O)c1ccc(Nc2scc(C)[n+]2C)cc1. The van der Waals surface area contributed by atoms with Crippen molar-refractivity contribution in [2.75, 3.05) is 11.9 Å². The predicted molar refractivity (Wildman–Crippen MR) is 75.9 cm³/mol. The number of ether oxygens (including phenoxy) is 1. The van der Waals surface area contributed by atoms with E-state index in [1.54, 1.807) is 30.4 Å². The smallest absolute Gasteiger partial charge is 0.338 e. The number of carbonyl (C=O) groups excluding carboxylic acids is 1. The van der Waals surface area contributed by atoms with Crippen LogP contribution in [-0.2, 0) is 11.8 Å². The van der Waals surface area contributed by atoms with E-state index in [1.807, 2.05) is 19.2 Å². The highest BCUT2D eigenvalue weighted by molar-refractivity contribution is 7.13. The van der Waals surface area contributed by atoms with Crippen LogP contribution in [0.3, 0.4) is 0 Å². The molecule has 2 rings (SSSR count). The van der Waals surface area contributed by atoms with Crippen LogP contribution < -0.4 is 9.88 Å². The molecule has 0 unspecified atom stereocenters. The molecule has 0 aliphatic carbocycles. The molecule has 0 aliphatic rings. The first kappa shape index (κ1) is 13.5. The van der Waals surface area contributed by atoms with Gasteiger partial charge < -0.3 is 4.74 Å². The van der Waals surface area contributed by atoms with Gasteiger partial charge in [0.05, 0.1) is 19.2 Å². The van der Waals surface area contributed by atoms with Crippen LogP contribution in [0.1, 0.15) is 23.0 Å². The lowest BCUT2D eigenvalue weighted by Crippen LogP contribution is -2.31. The van der Waals surface area contributed by atoms with Crippen molar-refractivity contribution in [3.05, 3.63) is 40.9 Å². The average molecular weight is 277 g/mol. The number of anilines is 2. The first-order chi connectivity index (χ1) is 9.11. The third-order valence-electron chi connectivity index (χ3n) is 2.82. The van der Waals surface area contributed by atoms with Gasteiger partial charge in [-0.1, -0.05) is 11.3 Å². The number of benzene rings is 1. The van der Waals surface area contributed by atoms with Crippen LogP contribution in [0.4, 0.5) is 10.8 Å². The largest absolute Gasteiger partial charge is 0.462 e. The van der Waals surface area contributed by atoms with Crippen LogP contribution in [0, 0.1) is 6.92 Å². The molecule has 0 fully saturated rings. The summed E-state index contributed by atoms with van der Waals surface area (Å²) in [6.45, 7) is 4.25. The molecule has 1 heterocycles. The van der Waals surface area contributed by atoms with E-state index < -0.39 is 0 Å². The van der Waals surface area contributed by atoms with Gasteiger partial charge in [-0.05, 0) is 38.1 Å². The first-order valence-electron chi connectivity index (χ1n) is 6.10. The Kier molecular flexibility index (Phi) is 4.16.